The smallest absolute Gasteiger partial charge is 0.231 e. The predicted molar refractivity (Wildman–Crippen MR) is 112 cm³/mol. The minimum absolute atomic E-state index is 0.223. The van der Waals surface area contributed by atoms with Gasteiger partial charge in [0.05, 0.1) is 30.1 Å². The monoisotopic (exact) mass is 395 g/mol. The van der Waals surface area contributed by atoms with Crippen molar-refractivity contribution >= 4 is 0 Å². The topological polar surface area (TPSA) is 69.3 Å². The predicted octanol–water partition coefficient (Wildman–Crippen LogP) is 4.82. The fourth-order valence-corrected chi connectivity index (χ4v) is 3.49. The van der Waals surface area contributed by atoms with Crippen LogP contribution < -0.4 is 14.2 Å². The number of rotatable bonds is 4. The van der Waals surface area contributed by atoms with Gasteiger partial charge in [0.15, 0.2) is 11.5 Å². The van der Waals surface area contributed by atoms with E-state index in [1.54, 1.807) is 19.2 Å². The first-order chi connectivity index (χ1) is 14.8. The molecule has 4 aromatic rings. The zero-order valence-electron chi connectivity index (χ0n) is 16.2. The Morgan fingerprint density at radius 2 is 1.70 bits per heavy atom. The number of methoxy groups -OCH3 is 1. The molecule has 0 radical (unpaired) electrons. The molecule has 30 heavy (non-hydrogen) atoms. The van der Waals surface area contributed by atoms with Gasteiger partial charge in [0.2, 0.25) is 6.79 Å². The standard InChI is InChI=1S/C24H17N3O3/c1-28-22-5-3-2-4-20(22)27-21(18-10-11-23-24(12-18)30-15-29-23)13-19(26-27)17-8-6-16(14-25)7-9-17/h2-13H,15H2,1H3. The molecule has 0 spiro atoms. The highest BCUT2D eigenvalue weighted by Crippen LogP contribution is 2.38. The second-order valence-electron chi connectivity index (χ2n) is 6.76. The third kappa shape index (κ3) is 3.03. The Balaban J connectivity index is 1.69. The summed E-state index contributed by atoms with van der Waals surface area (Å²) in [6.07, 6.45) is 0. The third-order valence-electron chi connectivity index (χ3n) is 5.00. The first-order valence-electron chi connectivity index (χ1n) is 9.41. The highest BCUT2D eigenvalue weighted by atomic mass is 16.7. The van der Waals surface area contributed by atoms with Gasteiger partial charge in [-0.15, -0.1) is 0 Å². The highest BCUT2D eigenvalue weighted by Gasteiger charge is 2.19. The third-order valence-corrected chi connectivity index (χ3v) is 5.00. The molecule has 0 saturated carbocycles. The number of aromatic nitrogens is 2. The molecule has 0 atom stereocenters. The summed E-state index contributed by atoms with van der Waals surface area (Å²) in [5.74, 6) is 2.16. The zero-order chi connectivity index (χ0) is 20.5. The molecule has 6 heteroatoms. The van der Waals surface area contributed by atoms with E-state index in [1.807, 2.05) is 65.3 Å². The summed E-state index contributed by atoms with van der Waals surface area (Å²) in [6, 6.07) is 25.1. The van der Waals surface area contributed by atoms with Gasteiger partial charge in [-0.3, -0.25) is 0 Å². The lowest BCUT2D eigenvalue weighted by molar-refractivity contribution is 0.174. The molecule has 5 rings (SSSR count). The van der Waals surface area contributed by atoms with Gasteiger partial charge in [-0.2, -0.15) is 10.4 Å². The van der Waals surface area contributed by atoms with Crippen molar-refractivity contribution in [3.8, 4) is 51.5 Å². The molecule has 0 unspecified atom stereocenters. The summed E-state index contributed by atoms with van der Waals surface area (Å²) in [5, 5.41) is 13.9. The van der Waals surface area contributed by atoms with Gasteiger partial charge in [0.1, 0.15) is 11.4 Å². The maximum absolute atomic E-state index is 9.07. The van der Waals surface area contributed by atoms with Crippen LogP contribution in [0.2, 0.25) is 0 Å². The van der Waals surface area contributed by atoms with Crippen LogP contribution in [0.5, 0.6) is 17.2 Å². The largest absolute Gasteiger partial charge is 0.494 e. The van der Waals surface area contributed by atoms with E-state index in [2.05, 4.69) is 6.07 Å². The Bertz CT molecular complexity index is 1270. The summed E-state index contributed by atoms with van der Waals surface area (Å²) in [6.45, 7) is 0.223. The summed E-state index contributed by atoms with van der Waals surface area (Å²) < 4.78 is 18.4. The number of fused-ring (bicyclic) bond motifs is 1. The van der Waals surface area contributed by atoms with Gasteiger partial charge in [-0.1, -0.05) is 24.3 Å². The van der Waals surface area contributed by atoms with E-state index in [-0.39, 0.29) is 6.79 Å². The van der Waals surface area contributed by atoms with Gasteiger partial charge in [0.25, 0.3) is 0 Å². The molecule has 0 amide bonds. The van der Waals surface area contributed by atoms with Crippen LogP contribution in [0.1, 0.15) is 5.56 Å². The number of nitrogens with zero attached hydrogens (tertiary/aromatic N) is 3. The lowest BCUT2D eigenvalue weighted by Crippen LogP contribution is -2.02. The Labute approximate surface area is 173 Å². The number of para-hydroxylation sites is 2. The molecule has 2 heterocycles. The van der Waals surface area contributed by atoms with Crippen LogP contribution in [0.15, 0.2) is 72.8 Å². The van der Waals surface area contributed by atoms with Crippen LogP contribution in [-0.4, -0.2) is 23.7 Å². The molecule has 3 aromatic carbocycles. The van der Waals surface area contributed by atoms with Gasteiger partial charge < -0.3 is 14.2 Å². The minimum Gasteiger partial charge on any atom is -0.494 e. The Kier molecular flexibility index (Phi) is 4.34. The zero-order valence-corrected chi connectivity index (χ0v) is 16.2. The average molecular weight is 395 g/mol. The molecule has 0 aliphatic carbocycles. The van der Waals surface area contributed by atoms with Crippen LogP contribution in [0.25, 0.3) is 28.2 Å². The van der Waals surface area contributed by atoms with E-state index in [9.17, 15) is 0 Å². The fourth-order valence-electron chi connectivity index (χ4n) is 3.49. The number of ether oxygens (including phenoxy) is 3. The molecule has 1 aliphatic heterocycles. The van der Waals surface area contributed by atoms with Gasteiger partial charge in [-0.05, 0) is 48.5 Å². The number of benzene rings is 3. The van der Waals surface area contributed by atoms with Crippen molar-refractivity contribution in [3.63, 3.8) is 0 Å². The van der Waals surface area contributed by atoms with Crippen LogP contribution >= 0.6 is 0 Å². The van der Waals surface area contributed by atoms with E-state index >= 15 is 0 Å². The summed E-state index contributed by atoms with van der Waals surface area (Å²) >= 11 is 0. The van der Waals surface area contributed by atoms with E-state index < -0.39 is 0 Å². The molecule has 1 aromatic heterocycles. The summed E-state index contributed by atoms with van der Waals surface area (Å²) in [4.78, 5) is 0. The lowest BCUT2D eigenvalue weighted by atomic mass is 10.1. The molecule has 0 fully saturated rings. The van der Waals surface area contributed by atoms with E-state index in [0.717, 1.165) is 34.0 Å². The molecule has 0 bridgehead atoms. The van der Waals surface area contributed by atoms with Gasteiger partial charge in [-0.25, -0.2) is 4.68 Å². The maximum atomic E-state index is 9.07. The molecule has 1 aliphatic rings. The number of hydrogen-bond acceptors (Lipinski definition) is 5. The average Bonchev–Trinajstić information content (AvgIpc) is 3.46. The SMILES string of the molecule is COc1ccccc1-n1nc(-c2ccc(C#N)cc2)cc1-c1ccc2c(c1)OCO2. The van der Waals surface area contributed by atoms with Gasteiger partial charge in [0, 0.05) is 11.1 Å². The molecule has 0 N–H and O–H groups in total. The number of nitriles is 1. The van der Waals surface area contributed by atoms with Crippen LogP contribution in [0.3, 0.4) is 0 Å². The van der Waals surface area contributed by atoms with E-state index in [0.29, 0.717) is 17.1 Å². The normalized spacial score (nSPS) is 11.9. The van der Waals surface area contributed by atoms with Crippen LogP contribution in [0.4, 0.5) is 0 Å². The van der Waals surface area contributed by atoms with Crippen molar-refractivity contribution in [2.75, 3.05) is 13.9 Å². The van der Waals surface area contributed by atoms with Crippen LogP contribution in [-0.2, 0) is 0 Å². The van der Waals surface area contributed by atoms with Crippen molar-refractivity contribution < 1.29 is 14.2 Å². The van der Waals surface area contributed by atoms with Gasteiger partial charge >= 0.3 is 0 Å². The Morgan fingerprint density at radius 3 is 2.50 bits per heavy atom. The van der Waals surface area contributed by atoms with Crippen molar-refractivity contribution in [1.82, 2.24) is 9.78 Å². The van der Waals surface area contributed by atoms with Crippen LogP contribution in [0, 0.1) is 11.3 Å². The Morgan fingerprint density at radius 1 is 0.933 bits per heavy atom. The lowest BCUT2D eigenvalue weighted by Gasteiger charge is -2.12. The maximum Gasteiger partial charge on any atom is 0.231 e. The molecule has 0 saturated heterocycles. The molecule has 6 nitrogen and oxygen atoms in total. The highest BCUT2D eigenvalue weighted by molar-refractivity contribution is 5.73. The Hall–Kier alpha value is -4.24. The molecular formula is C24H17N3O3. The van der Waals surface area contributed by atoms with E-state index in [1.165, 1.54) is 0 Å². The summed E-state index contributed by atoms with van der Waals surface area (Å²) in [7, 11) is 1.64. The van der Waals surface area contributed by atoms with Crippen molar-refractivity contribution in [2.24, 2.45) is 0 Å². The number of hydrogen-bond donors (Lipinski definition) is 0. The van der Waals surface area contributed by atoms with Crippen molar-refractivity contribution in [1.29, 1.82) is 5.26 Å². The quantitative estimate of drug-likeness (QED) is 0.496. The fraction of sp³-hybridized carbons (Fsp3) is 0.0833. The molecular weight excluding hydrogens is 378 g/mol. The van der Waals surface area contributed by atoms with E-state index in [4.69, 9.17) is 24.6 Å². The van der Waals surface area contributed by atoms with Crippen molar-refractivity contribution in [2.45, 2.75) is 0 Å². The second-order valence-corrected chi connectivity index (χ2v) is 6.76. The molecule has 146 valence electrons. The second kappa shape index (κ2) is 7.30. The van der Waals surface area contributed by atoms with Crippen molar-refractivity contribution in [3.05, 3.63) is 78.4 Å². The first-order valence-corrected chi connectivity index (χ1v) is 9.41. The first kappa shape index (κ1) is 17.8. The summed E-state index contributed by atoms with van der Waals surface area (Å²) in [5.41, 5.74) is 4.98. The minimum atomic E-state index is 0.223.